The van der Waals surface area contributed by atoms with Gasteiger partial charge in [0.25, 0.3) is 0 Å². The van der Waals surface area contributed by atoms with Crippen molar-refractivity contribution in [2.75, 3.05) is 6.54 Å². The van der Waals surface area contributed by atoms with Crippen LogP contribution < -0.4 is 11.5 Å². The molecule has 0 fully saturated rings. The van der Waals surface area contributed by atoms with Crippen LogP contribution in [0.3, 0.4) is 0 Å². The Hall–Kier alpha value is -0.760. The molecule has 0 aliphatic heterocycles. The monoisotopic (exact) mass is 140 g/mol. The molecule has 0 spiro atoms. The highest BCUT2D eigenvalue weighted by Gasteiger charge is 1.79. The van der Waals surface area contributed by atoms with Gasteiger partial charge in [0.1, 0.15) is 0 Å². The van der Waals surface area contributed by atoms with E-state index in [2.05, 4.69) is 6.08 Å². The van der Waals surface area contributed by atoms with Gasteiger partial charge in [0.15, 0.2) is 0 Å². The van der Waals surface area contributed by atoms with Crippen molar-refractivity contribution in [1.29, 1.82) is 0 Å². The molecule has 10 heavy (non-hydrogen) atoms. The lowest BCUT2D eigenvalue weighted by Crippen LogP contribution is -1.96. The summed E-state index contributed by atoms with van der Waals surface area (Å²) < 4.78 is 0. The fraction of sp³-hybridized carbons (Fsp3) is 0.500. The first kappa shape index (κ1) is 9.24. The lowest BCUT2D eigenvalue weighted by atomic mass is 10.2. The van der Waals surface area contributed by atoms with Crippen molar-refractivity contribution < 1.29 is 0 Å². The summed E-state index contributed by atoms with van der Waals surface area (Å²) in [5.41, 5.74) is 10.4. The molecule has 0 aromatic rings. The Labute approximate surface area is 62.6 Å². The van der Waals surface area contributed by atoms with Crippen molar-refractivity contribution in [3.63, 3.8) is 0 Å². The van der Waals surface area contributed by atoms with Crippen molar-refractivity contribution in [2.24, 2.45) is 11.5 Å². The Morgan fingerprint density at radius 2 is 1.90 bits per heavy atom. The Bertz CT molecular complexity index is 106. The highest BCUT2D eigenvalue weighted by molar-refractivity contribution is 5.00. The second kappa shape index (κ2) is 8.24. The van der Waals surface area contributed by atoms with E-state index in [1.54, 1.807) is 0 Å². The molecule has 0 radical (unpaired) electrons. The topological polar surface area (TPSA) is 52.0 Å². The minimum absolute atomic E-state index is 0.792. The number of allylic oxidation sites excluding steroid dienone is 3. The maximum atomic E-state index is 5.31. The molecule has 2 nitrogen and oxygen atoms in total. The second-order valence-corrected chi connectivity index (χ2v) is 2.10. The predicted molar refractivity (Wildman–Crippen MR) is 45.4 cm³/mol. The first-order valence-corrected chi connectivity index (χ1v) is 3.65. The van der Waals surface area contributed by atoms with Gasteiger partial charge < -0.3 is 11.5 Å². The van der Waals surface area contributed by atoms with Crippen LogP contribution in [0.2, 0.25) is 0 Å². The van der Waals surface area contributed by atoms with Crippen molar-refractivity contribution >= 4 is 0 Å². The van der Waals surface area contributed by atoms with Crippen molar-refractivity contribution in [2.45, 2.75) is 19.3 Å². The summed E-state index contributed by atoms with van der Waals surface area (Å²) in [7, 11) is 0. The van der Waals surface area contributed by atoms with E-state index in [1.807, 2.05) is 12.2 Å². The number of hydrogen-bond acceptors (Lipinski definition) is 2. The third kappa shape index (κ3) is 7.24. The van der Waals surface area contributed by atoms with Gasteiger partial charge in [0.2, 0.25) is 0 Å². The molecule has 0 aromatic carbocycles. The van der Waals surface area contributed by atoms with Crippen molar-refractivity contribution in [3.8, 4) is 0 Å². The van der Waals surface area contributed by atoms with Crippen LogP contribution in [0, 0.1) is 0 Å². The van der Waals surface area contributed by atoms with Crippen LogP contribution in [0.4, 0.5) is 0 Å². The van der Waals surface area contributed by atoms with Crippen LogP contribution in [-0.4, -0.2) is 6.54 Å². The van der Waals surface area contributed by atoms with E-state index < -0.39 is 0 Å². The van der Waals surface area contributed by atoms with Gasteiger partial charge in [-0.2, -0.15) is 0 Å². The highest BCUT2D eigenvalue weighted by atomic mass is 14.5. The standard InChI is InChI=1S/C8H16N2/c9-7-5-3-1-2-4-6-8-10/h1,3,5,7H,2,4,6,8-10H2. The van der Waals surface area contributed by atoms with E-state index in [4.69, 9.17) is 11.5 Å². The molecule has 0 aliphatic rings. The highest BCUT2D eigenvalue weighted by Crippen LogP contribution is 1.94. The summed E-state index contributed by atoms with van der Waals surface area (Å²) in [6, 6.07) is 0. The molecule has 2 heteroatoms. The third-order valence-corrected chi connectivity index (χ3v) is 1.18. The van der Waals surface area contributed by atoms with Crippen LogP contribution in [0.1, 0.15) is 19.3 Å². The summed E-state index contributed by atoms with van der Waals surface area (Å²) in [5.74, 6) is 0. The van der Waals surface area contributed by atoms with Crippen LogP contribution in [0.25, 0.3) is 0 Å². The van der Waals surface area contributed by atoms with E-state index >= 15 is 0 Å². The zero-order valence-electron chi connectivity index (χ0n) is 6.29. The van der Waals surface area contributed by atoms with Gasteiger partial charge >= 0.3 is 0 Å². The average Bonchev–Trinajstić information content (AvgIpc) is 1.97. The molecule has 0 heterocycles. The maximum absolute atomic E-state index is 5.31. The number of unbranched alkanes of at least 4 members (excludes halogenated alkanes) is 2. The smallest absolute Gasteiger partial charge is 0.00625 e. The molecule has 0 amide bonds. The van der Waals surface area contributed by atoms with Gasteiger partial charge in [-0.05, 0) is 38.1 Å². The maximum Gasteiger partial charge on any atom is -0.00625 e. The predicted octanol–water partition coefficient (Wildman–Crippen LogP) is 1.14. The molecule has 0 aromatic heterocycles. The van der Waals surface area contributed by atoms with Crippen molar-refractivity contribution in [1.82, 2.24) is 0 Å². The summed E-state index contributed by atoms with van der Waals surface area (Å²) in [6.45, 7) is 0.792. The van der Waals surface area contributed by atoms with Gasteiger partial charge in [-0.1, -0.05) is 12.2 Å². The van der Waals surface area contributed by atoms with Crippen LogP contribution in [-0.2, 0) is 0 Å². The zero-order chi connectivity index (χ0) is 7.66. The van der Waals surface area contributed by atoms with Gasteiger partial charge in [-0.25, -0.2) is 0 Å². The molecule has 58 valence electrons. The lowest BCUT2D eigenvalue weighted by molar-refractivity contribution is 0.758. The molecule has 4 N–H and O–H groups in total. The van der Waals surface area contributed by atoms with Crippen molar-refractivity contribution in [3.05, 3.63) is 24.4 Å². The molecule has 0 unspecified atom stereocenters. The second-order valence-electron chi connectivity index (χ2n) is 2.10. The first-order chi connectivity index (χ1) is 4.91. The quantitative estimate of drug-likeness (QED) is 0.444. The summed E-state index contributed by atoms with van der Waals surface area (Å²) in [5, 5.41) is 0. The normalized spacial score (nSPS) is 11.7. The molecule has 0 rings (SSSR count). The fourth-order valence-electron chi connectivity index (χ4n) is 0.645. The van der Waals surface area contributed by atoms with Crippen LogP contribution in [0.5, 0.6) is 0 Å². The Kier molecular flexibility index (Phi) is 7.61. The van der Waals surface area contributed by atoms with E-state index in [0.717, 1.165) is 19.4 Å². The van der Waals surface area contributed by atoms with Crippen LogP contribution in [0.15, 0.2) is 24.4 Å². The Morgan fingerprint density at radius 1 is 1.10 bits per heavy atom. The zero-order valence-corrected chi connectivity index (χ0v) is 6.29. The number of nitrogens with two attached hydrogens (primary N) is 2. The summed E-state index contributed by atoms with van der Waals surface area (Å²) in [6.07, 6.45) is 10.8. The summed E-state index contributed by atoms with van der Waals surface area (Å²) in [4.78, 5) is 0. The summed E-state index contributed by atoms with van der Waals surface area (Å²) >= 11 is 0. The van der Waals surface area contributed by atoms with E-state index in [1.165, 1.54) is 12.6 Å². The van der Waals surface area contributed by atoms with Gasteiger partial charge in [0.05, 0.1) is 0 Å². The van der Waals surface area contributed by atoms with Gasteiger partial charge in [0, 0.05) is 0 Å². The number of hydrogen-bond donors (Lipinski definition) is 2. The largest absolute Gasteiger partial charge is 0.405 e. The number of rotatable bonds is 5. The molecule has 0 aliphatic carbocycles. The van der Waals surface area contributed by atoms with E-state index in [9.17, 15) is 0 Å². The van der Waals surface area contributed by atoms with Crippen LogP contribution >= 0.6 is 0 Å². The first-order valence-electron chi connectivity index (χ1n) is 3.65. The minimum atomic E-state index is 0.792. The average molecular weight is 140 g/mol. The molecule has 0 atom stereocenters. The molecule has 0 saturated heterocycles. The lowest BCUT2D eigenvalue weighted by Gasteiger charge is -1.89. The molecule has 0 bridgehead atoms. The van der Waals surface area contributed by atoms with Gasteiger partial charge in [-0.15, -0.1) is 0 Å². The van der Waals surface area contributed by atoms with Gasteiger partial charge in [-0.3, -0.25) is 0 Å². The fourth-order valence-corrected chi connectivity index (χ4v) is 0.645. The van der Waals surface area contributed by atoms with E-state index in [0.29, 0.717) is 0 Å². The SMILES string of the molecule is NC=CC=CCCCCN. The molecule has 0 saturated carbocycles. The Morgan fingerprint density at radius 3 is 2.50 bits per heavy atom. The molecular formula is C8H16N2. The Balaban J connectivity index is 3.02. The third-order valence-electron chi connectivity index (χ3n) is 1.18. The minimum Gasteiger partial charge on any atom is -0.405 e. The van der Waals surface area contributed by atoms with E-state index in [-0.39, 0.29) is 0 Å². The molecular weight excluding hydrogens is 124 g/mol.